The zero-order chi connectivity index (χ0) is 27.7. The maximum absolute atomic E-state index is 13.5. The zero-order valence-corrected chi connectivity index (χ0v) is 22.2. The van der Waals surface area contributed by atoms with Crippen molar-refractivity contribution in [1.29, 1.82) is 0 Å². The second-order valence-electron chi connectivity index (χ2n) is 9.99. The van der Waals surface area contributed by atoms with Gasteiger partial charge < -0.3 is 31.6 Å². The molecule has 1 aromatic heterocycles. The second-order valence-corrected chi connectivity index (χ2v) is 9.99. The quantitative estimate of drug-likeness (QED) is 0.346. The Morgan fingerprint density at radius 2 is 1.58 bits per heavy atom. The van der Waals surface area contributed by atoms with Gasteiger partial charge in [0.05, 0.1) is 0 Å². The van der Waals surface area contributed by atoms with Gasteiger partial charge in [-0.25, -0.2) is 0 Å². The van der Waals surface area contributed by atoms with E-state index < -0.39 is 35.8 Å². The largest absolute Gasteiger partial charge is 0.361 e. The highest BCUT2D eigenvalue weighted by Crippen LogP contribution is 2.19. The number of carbonyl (C=O) groups excluding carboxylic acids is 5. The molecule has 1 fully saturated rings. The van der Waals surface area contributed by atoms with Gasteiger partial charge in [0.1, 0.15) is 18.1 Å². The van der Waals surface area contributed by atoms with Crippen LogP contribution in [0.15, 0.2) is 30.5 Å². The van der Waals surface area contributed by atoms with Crippen LogP contribution in [0.3, 0.4) is 0 Å². The summed E-state index contributed by atoms with van der Waals surface area (Å²) in [4.78, 5) is 66.9. The third-order valence-electron chi connectivity index (χ3n) is 6.55. The normalized spacial score (nSPS) is 23.4. The Morgan fingerprint density at radius 1 is 0.816 bits per heavy atom. The summed E-state index contributed by atoms with van der Waals surface area (Å²) in [6.45, 7) is 5.70. The lowest BCUT2D eigenvalue weighted by atomic mass is 10.0. The first-order chi connectivity index (χ1) is 18.2. The number of hydrogen-bond acceptors (Lipinski definition) is 5. The molecule has 11 nitrogen and oxygen atoms in total. The van der Waals surface area contributed by atoms with Crippen LogP contribution in [0.25, 0.3) is 10.9 Å². The topological polar surface area (TPSA) is 161 Å². The number of aromatic amines is 1. The Hall–Kier alpha value is -3.89. The van der Waals surface area contributed by atoms with E-state index in [1.807, 2.05) is 38.1 Å². The molecule has 1 aliphatic rings. The fourth-order valence-electron chi connectivity index (χ4n) is 4.33. The van der Waals surface area contributed by atoms with Crippen LogP contribution in [0, 0.1) is 5.92 Å². The van der Waals surface area contributed by atoms with E-state index in [0.717, 1.165) is 16.5 Å². The summed E-state index contributed by atoms with van der Waals surface area (Å²) in [6, 6.07) is 4.92. The number of fused-ring (bicyclic) bond motifs is 1. The van der Waals surface area contributed by atoms with E-state index in [-0.39, 0.29) is 43.5 Å². The number of amides is 5. The maximum Gasteiger partial charge on any atom is 0.243 e. The molecule has 2 heterocycles. The van der Waals surface area contributed by atoms with Crippen LogP contribution in [0.4, 0.5) is 0 Å². The van der Waals surface area contributed by atoms with E-state index in [0.29, 0.717) is 19.4 Å². The predicted octanol–water partition coefficient (Wildman–Crippen LogP) is 0.647. The van der Waals surface area contributed by atoms with Crippen molar-refractivity contribution in [1.82, 2.24) is 31.6 Å². The monoisotopic (exact) mass is 526 g/mol. The van der Waals surface area contributed by atoms with Crippen molar-refractivity contribution in [2.24, 2.45) is 5.92 Å². The van der Waals surface area contributed by atoms with Crippen molar-refractivity contribution in [2.75, 3.05) is 13.1 Å². The highest BCUT2D eigenvalue weighted by molar-refractivity contribution is 5.95. The third kappa shape index (κ3) is 8.06. The molecule has 1 unspecified atom stereocenters. The molecule has 3 atom stereocenters. The Morgan fingerprint density at radius 3 is 2.34 bits per heavy atom. The minimum absolute atomic E-state index is 0.0226. The Balaban J connectivity index is 1.84. The number of hydrogen-bond donors (Lipinski definition) is 6. The molecule has 206 valence electrons. The average Bonchev–Trinajstić information content (AvgIpc) is 3.28. The lowest BCUT2D eigenvalue weighted by molar-refractivity contribution is -0.134. The Kier molecular flexibility index (Phi) is 10.3. The lowest BCUT2D eigenvalue weighted by Gasteiger charge is -2.26. The molecule has 5 amide bonds. The summed E-state index contributed by atoms with van der Waals surface area (Å²) < 4.78 is 0. The lowest BCUT2D eigenvalue weighted by Crippen LogP contribution is -2.58. The fraction of sp³-hybridized carbons (Fsp3) is 0.519. The summed E-state index contributed by atoms with van der Waals surface area (Å²) in [5.74, 6) is -2.14. The Bertz CT molecular complexity index is 1160. The van der Waals surface area contributed by atoms with Crippen LogP contribution in [-0.2, 0) is 30.4 Å². The van der Waals surface area contributed by atoms with E-state index >= 15 is 0 Å². The van der Waals surface area contributed by atoms with Crippen LogP contribution in [0.2, 0.25) is 0 Å². The molecule has 0 radical (unpaired) electrons. The molecular formula is C27H38N6O5. The number of benzene rings is 1. The molecule has 1 aliphatic heterocycles. The van der Waals surface area contributed by atoms with Crippen LogP contribution in [0.5, 0.6) is 0 Å². The fourth-order valence-corrected chi connectivity index (χ4v) is 4.33. The second kappa shape index (κ2) is 13.6. The predicted molar refractivity (Wildman–Crippen MR) is 143 cm³/mol. The molecule has 38 heavy (non-hydrogen) atoms. The van der Waals surface area contributed by atoms with E-state index in [1.165, 1.54) is 6.92 Å². The molecule has 0 aliphatic carbocycles. The standard InChI is InChI=1S/C27H38N6O5/c1-16(2)24-27(38)29-12-7-6-10-22(34)28-13-11-23(35)31-17(3)25(36)32-21(26(37)33-24)14-18-15-30-20-9-5-4-8-19(18)20/h4-5,8-9,15-17,21,24,30H,6-7,10-14H2,1-3H3,(H,28,34)(H,29,38)(H,31,35)(H,32,36)(H,33,37)/t17-,21?,24-/m0/s1. The van der Waals surface area contributed by atoms with Gasteiger partial charge in [-0.1, -0.05) is 32.0 Å². The van der Waals surface area contributed by atoms with Crippen molar-refractivity contribution >= 4 is 40.4 Å². The molecule has 0 spiro atoms. The average molecular weight is 527 g/mol. The first-order valence-corrected chi connectivity index (χ1v) is 13.1. The number of rotatable bonds is 3. The van der Waals surface area contributed by atoms with Gasteiger partial charge in [-0.3, -0.25) is 24.0 Å². The van der Waals surface area contributed by atoms with Gasteiger partial charge in [0, 0.05) is 49.5 Å². The molecule has 11 heteroatoms. The van der Waals surface area contributed by atoms with E-state index in [1.54, 1.807) is 6.20 Å². The molecule has 0 saturated carbocycles. The number of carbonyl (C=O) groups is 5. The number of H-pyrrole nitrogens is 1. The highest BCUT2D eigenvalue weighted by atomic mass is 16.2. The van der Waals surface area contributed by atoms with Crippen LogP contribution >= 0.6 is 0 Å². The number of aromatic nitrogens is 1. The SMILES string of the molecule is CC(C)[C@@H]1NC(=O)C(Cc2c[nH]c3ccccc23)NC(=O)[C@H](C)NC(=O)CCNC(=O)CCCCNC1=O. The van der Waals surface area contributed by atoms with Crippen molar-refractivity contribution < 1.29 is 24.0 Å². The van der Waals surface area contributed by atoms with Crippen molar-refractivity contribution in [3.8, 4) is 0 Å². The van der Waals surface area contributed by atoms with Crippen molar-refractivity contribution in [3.05, 3.63) is 36.0 Å². The Labute approximate surface area is 222 Å². The minimum Gasteiger partial charge on any atom is -0.361 e. The van der Waals surface area contributed by atoms with Gasteiger partial charge in [-0.05, 0) is 37.3 Å². The van der Waals surface area contributed by atoms with Gasteiger partial charge in [0.2, 0.25) is 29.5 Å². The summed E-state index contributed by atoms with van der Waals surface area (Å²) in [5.41, 5.74) is 1.73. The van der Waals surface area contributed by atoms with E-state index in [2.05, 4.69) is 31.6 Å². The summed E-state index contributed by atoms with van der Waals surface area (Å²) in [7, 11) is 0. The number of nitrogens with one attached hydrogen (secondary N) is 6. The molecule has 1 saturated heterocycles. The van der Waals surface area contributed by atoms with Crippen LogP contribution in [0.1, 0.15) is 52.0 Å². The van der Waals surface area contributed by atoms with Crippen molar-refractivity contribution in [3.63, 3.8) is 0 Å². The summed E-state index contributed by atoms with van der Waals surface area (Å²) >= 11 is 0. The minimum atomic E-state index is -0.989. The molecular weight excluding hydrogens is 488 g/mol. The van der Waals surface area contributed by atoms with Gasteiger partial charge >= 0.3 is 0 Å². The maximum atomic E-state index is 13.5. The molecule has 3 rings (SSSR count). The number of para-hydroxylation sites is 1. The summed E-state index contributed by atoms with van der Waals surface area (Å²) in [6.07, 6.45) is 3.44. The molecule has 1 aromatic carbocycles. The highest BCUT2D eigenvalue weighted by Gasteiger charge is 2.30. The van der Waals surface area contributed by atoms with Gasteiger partial charge in [-0.2, -0.15) is 0 Å². The molecule has 6 N–H and O–H groups in total. The van der Waals surface area contributed by atoms with Gasteiger partial charge in [-0.15, -0.1) is 0 Å². The zero-order valence-electron chi connectivity index (χ0n) is 22.2. The summed E-state index contributed by atoms with van der Waals surface area (Å²) in [5, 5.41) is 14.6. The molecule has 0 bridgehead atoms. The first kappa shape index (κ1) is 28.7. The molecule has 2 aromatic rings. The smallest absolute Gasteiger partial charge is 0.243 e. The van der Waals surface area contributed by atoms with Crippen LogP contribution < -0.4 is 26.6 Å². The van der Waals surface area contributed by atoms with Gasteiger partial charge in [0.15, 0.2) is 0 Å². The van der Waals surface area contributed by atoms with E-state index in [4.69, 9.17) is 0 Å². The van der Waals surface area contributed by atoms with Gasteiger partial charge in [0.25, 0.3) is 0 Å². The van der Waals surface area contributed by atoms with E-state index in [9.17, 15) is 24.0 Å². The van der Waals surface area contributed by atoms with Crippen molar-refractivity contribution in [2.45, 2.75) is 71.0 Å². The first-order valence-electron chi connectivity index (χ1n) is 13.1. The third-order valence-corrected chi connectivity index (χ3v) is 6.55. The van der Waals surface area contributed by atoms with Crippen LogP contribution in [-0.4, -0.2) is 65.7 Å².